The molecule has 0 spiro atoms. The Morgan fingerprint density at radius 1 is 1.00 bits per heavy atom. The predicted molar refractivity (Wildman–Crippen MR) is 105 cm³/mol. The SMILES string of the molecule is O=C(Cn1ncc2c(N3CCCCC3)ncnc21)NCCN1CCCCC1. The van der Waals surface area contributed by atoms with E-state index in [0.29, 0.717) is 6.54 Å². The molecule has 8 nitrogen and oxygen atoms in total. The zero-order valence-corrected chi connectivity index (χ0v) is 15.9. The fourth-order valence-electron chi connectivity index (χ4n) is 4.08. The Labute approximate surface area is 159 Å². The van der Waals surface area contributed by atoms with Crippen molar-refractivity contribution in [3.8, 4) is 0 Å². The summed E-state index contributed by atoms with van der Waals surface area (Å²) in [6.07, 6.45) is 10.9. The molecule has 0 unspecified atom stereocenters. The lowest BCUT2D eigenvalue weighted by molar-refractivity contribution is -0.121. The number of nitrogens with zero attached hydrogens (tertiary/aromatic N) is 6. The van der Waals surface area contributed by atoms with E-state index in [4.69, 9.17) is 0 Å². The summed E-state index contributed by atoms with van der Waals surface area (Å²) in [7, 11) is 0. The number of nitrogens with one attached hydrogen (secondary N) is 1. The van der Waals surface area contributed by atoms with Crippen molar-refractivity contribution in [3.63, 3.8) is 0 Å². The number of aromatic nitrogens is 4. The van der Waals surface area contributed by atoms with Crippen LogP contribution in [-0.2, 0) is 11.3 Å². The highest BCUT2D eigenvalue weighted by Gasteiger charge is 2.18. The van der Waals surface area contributed by atoms with Crippen LogP contribution in [0.5, 0.6) is 0 Å². The van der Waals surface area contributed by atoms with Crippen LogP contribution in [0.25, 0.3) is 11.0 Å². The smallest absolute Gasteiger partial charge is 0.241 e. The Bertz CT molecular complexity index is 763. The molecule has 0 bridgehead atoms. The van der Waals surface area contributed by atoms with Crippen LogP contribution in [0.2, 0.25) is 0 Å². The van der Waals surface area contributed by atoms with Gasteiger partial charge in [-0.2, -0.15) is 5.10 Å². The zero-order chi connectivity index (χ0) is 18.5. The molecule has 1 amide bonds. The van der Waals surface area contributed by atoms with Crippen LogP contribution >= 0.6 is 0 Å². The Morgan fingerprint density at radius 3 is 2.52 bits per heavy atom. The first kappa shape index (κ1) is 18.2. The van der Waals surface area contributed by atoms with Crippen molar-refractivity contribution < 1.29 is 4.79 Å². The summed E-state index contributed by atoms with van der Waals surface area (Å²) in [5, 5.41) is 8.35. The highest BCUT2D eigenvalue weighted by atomic mass is 16.2. The number of amides is 1. The van der Waals surface area contributed by atoms with Crippen molar-refractivity contribution in [2.45, 2.75) is 45.1 Å². The van der Waals surface area contributed by atoms with Crippen molar-refractivity contribution in [2.75, 3.05) is 44.2 Å². The maximum atomic E-state index is 12.3. The van der Waals surface area contributed by atoms with Crippen LogP contribution in [0.4, 0.5) is 5.82 Å². The Balaban J connectivity index is 1.36. The van der Waals surface area contributed by atoms with Gasteiger partial charge in [0, 0.05) is 26.2 Å². The van der Waals surface area contributed by atoms with E-state index in [0.717, 1.165) is 49.6 Å². The van der Waals surface area contributed by atoms with E-state index in [9.17, 15) is 4.79 Å². The lowest BCUT2D eigenvalue weighted by Crippen LogP contribution is -2.38. The Morgan fingerprint density at radius 2 is 1.74 bits per heavy atom. The van der Waals surface area contributed by atoms with Gasteiger partial charge in [-0.3, -0.25) is 4.79 Å². The highest BCUT2D eigenvalue weighted by molar-refractivity contribution is 5.87. The fraction of sp³-hybridized carbons (Fsp3) is 0.684. The van der Waals surface area contributed by atoms with E-state index in [1.807, 2.05) is 0 Å². The van der Waals surface area contributed by atoms with Crippen molar-refractivity contribution >= 4 is 22.8 Å². The first-order valence-electron chi connectivity index (χ1n) is 10.2. The summed E-state index contributed by atoms with van der Waals surface area (Å²) in [5.41, 5.74) is 0.733. The zero-order valence-electron chi connectivity index (χ0n) is 15.9. The average Bonchev–Trinajstić information content (AvgIpc) is 3.12. The molecular formula is C19H29N7O. The minimum atomic E-state index is -0.0184. The molecular weight excluding hydrogens is 342 g/mol. The van der Waals surface area contributed by atoms with Gasteiger partial charge in [0.15, 0.2) is 5.65 Å². The van der Waals surface area contributed by atoms with Crippen molar-refractivity contribution in [3.05, 3.63) is 12.5 Å². The summed E-state index contributed by atoms with van der Waals surface area (Å²) < 4.78 is 1.68. The predicted octanol–water partition coefficient (Wildman–Crippen LogP) is 1.42. The van der Waals surface area contributed by atoms with E-state index in [1.165, 1.54) is 38.5 Å². The topological polar surface area (TPSA) is 79.2 Å². The van der Waals surface area contributed by atoms with Crippen LogP contribution in [0, 0.1) is 0 Å². The monoisotopic (exact) mass is 371 g/mol. The maximum absolute atomic E-state index is 12.3. The van der Waals surface area contributed by atoms with Gasteiger partial charge in [0.25, 0.3) is 0 Å². The first-order valence-corrected chi connectivity index (χ1v) is 10.2. The number of carbonyl (C=O) groups is 1. The molecule has 0 radical (unpaired) electrons. The van der Waals surface area contributed by atoms with Crippen LogP contribution in [0.3, 0.4) is 0 Å². The van der Waals surface area contributed by atoms with Gasteiger partial charge in [0.2, 0.25) is 5.91 Å². The molecule has 0 aromatic carbocycles. The maximum Gasteiger partial charge on any atom is 0.241 e. The minimum absolute atomic E-state index is 0.0184. The van der Waals surface area contributed by atoms with Gasteiger partial charge >= 0.3 is 0 Å². The lowest BCUT2D eigenvalue weighted by atomic mass is 10.1. The molecule has 2 fully saturated rings. The van der Waals surface area contributed by atoms with Gasteiger partial charge in [-0.15, -0.1) is 0 Å². The van der Waals surface area contributed by atoms with E-state index in [1.54, 1.807) is 17.2 Å². The van der Waals surface area contributed by atoms with E-state index < -0.39 is 0 Å². The summed E-state index contributed by atoms with van der Waals surface area (Å²) in [5.74, 6) is 0.923. The molecule has 0 atom stereocenters. The second-order valence-corrected chi connectivity index (χ2v) is 7.54. The Hall–Kier alpha value is -2.22. The molecule has 8 heteroatoms. The standard InChI is InChI=1S/C19H29N7O/c27-17(20-7-12-24-8-3-1-4-9-24)14-26-19-16(13-23-26)18(21-15-22-19)25-10-5-2-6-11-25/h13,15H,1-12,14H2,(H,20,27). The van der Waals surface area contributed by atoms with Crippen LogP contribution in [-0.4, -0.2) is 69.8 Å². The van der Waals surface area contributed by atoms with Gasteiger partial charge < -0.3 is 15.1 Å². The molecule has 4 heterocycles. The molecule has 2 aliphatic rings. The molecule has 4 rings (SSSR count). The van der Waals surface area contributed by atoms with Crippen LogP contribution in [0.1, 0.15) is 38.5 Å². The summed E-state index contributed by atoms with van der Waals surface area (Å²) >= 11 is 0. The first-order chi connectivity index (χ1) is 13.3. The molecule has 0 saturated carbocycles. The highest BCUT2D eigenvalue weighted by Crippen LogP contribution is 2.25. The fourth-order valence-corrected chi connectivity index (χ4v) is 4.08. The van der Waals surface area contributed by atoms with Crippen molar-refractivity contribution in [1.82, 2.24) is 30.0 Å². The quantitative estimate of drug-likeness (QED) is 0.827. The van der Waals surface area contributed by atoms with Gasteiger partial charge in [-0.1, -0.05) is 6.42 Å². The van der Waals surface area contributed by atoms with Crippen molar-refractivity contribution in [2.24, 2.45) is 0 Å². The van der Waals surface area contributed by atoms with Crippen LogP contribution in [0.15, 0.2) is 12.5 Å². The van der Waals surface area contributed by atoms with Gasteiger partial charge in [0.05, 0.1) is 11.6 Å². The third-order valence-corrected chi connectivity index (χ3v) is 5.56. The summed E-state index contributed by atoms with van der Waals surface area (Å²) in [4.78, 5) is 25.9. The van der Waals surface area contributed by atoms with E-state index in [-0.39, 0.29) is 12.5 Å². The van der Waals surface area contributed by atoms with Gasteiger partial charge in [-0.25, -0.2) is 14.6 Å². The molecule has 2 aliphatic heterocycles. The molecule has 2 aromatic heterocycles. The molecule has 0 aliphatic carbocycles. The van der Waals surface area contributed by atoms with Crippen molar-refractivity contribution in [1.29, 1.82) is 0 Å². The normalized spacial score (nSPS) is 18.7. The molecule has 146 valence electrons. The second kappa shape index (κ2) is 8.65. The molecule has 2 saturated heterocycles. The van der Waals surface area contributed by atoms with E-state index >= 15 is 0 Å². The summed E-state index contributed by atoms with van der Waals surface area (Å²) in [6.45, 7) is 6.15. The molecule has 2 aromatic rings. The minimum Gasteiger partial charge on any atom is -0.356 e. The number of piperidine rings is 2. The number of likely N-dealkylation sites (tertiary alicyclic amines) is 1. The third kappa shape index (κ3) is 4.37. The third-order valence-electron chi connectivity index (χ3n) is 5.56. The van der Waals surface area contributed by atoms with E-state index in [2.05, 4.69) is 30.2 Å². The largest absolute Gasteiger partial charge is 0.356 e. The van der Waals surface area contributed by atoms with Gasteiger partial charge in [0.1, 0.15) is 18.7 Å². The number of anilines is 1. The lowest BCUT2D eigenvalue weighted by Gasteiger charge is -2.27. The summed E-state index contributed by atoms with van der Waals surface area (Å²) in [6, 6.07) is 0. The second-order valence-electron chi connectivity index (χ2n) is 7.54. The Kier molecular flexibility index (Phi) is 5.81. The number of fused-ring (bicyclic) bond motifs is 1. The molecule has 1 N–H and O–H groups in total. The average molecular weight is 371 g/mol. The number of rotatable bonds is 6. The van der Waals surface area contributed by atoms with Gasteiger partial charge in [-0.05, 0) is 45.2 Å². The molecule has 27 heavy (non-hydrogen) atoms. The van der Waals surface area contributed by atoms with Crippen LogP contribution < -0.4 is 10.2 Å². The number of carbonyl (C=O) groups excluding carboxylic acids is 1. The number of hydrogen-bond acceptors (Lipinski definition) is 6. The number of hydrogen-bond donors (Lipinski definition) is 1.